The average molecular weight is 449 g/mol. The molecule has 3 rings (SSSR count). The fraction of sp³-hybridized carbons (Fsp3) is 0.0909. The number of rotatable bonds is 6. The van der Waals surface area contributed by atoms with Crippen LogP contribution in [0.25, 0.3) is 0 Å². The molecule has 0 aliphatic rings. The molecule has 0 atom stereocenters. The highest BCUT2D eigenvalue weighted by Crippen LogP contribution is 2.30. The normalized spacial score (nSPS) is 11.0. The van der Waals surface area contributed by atoms with Crippen molar-refractivity contribution in [3.63, 3.8) is 0 Å². The Balaban J connectivity index is 1.55. The summed E-state index contributed by atoms with van der Waals surface area (Å²) in [5.74, 6) is -0.630. The lowest BCUT2D eigenvalue weighted by Gasteiger charge is -2.10. The summed E-state index contributed by atoms with van der Waals surface area (Å²) < 4.78 is 43.7. The van der Waals surface area contributed by atoms with E-state index >= 15 is 0 Å². The first-order valence-electron chi connectivity index (χ1n) is 8.97. The summed E-state index contributed by atoms with van der Waals surface area (Å²) in [7, 11) is 0. The first-order valence-corrected chi connectivity index (χ1v) is 9.35. The van der Waals surface area contributed by atoms with E-state index in [1.165, 1.54) is 36.4 Å². The van der Waals surface area contributed by atoms with Crippen molar-refractivity contribution in [2.75, 3.05) is 17.2 Å². The largest absolute Gasteiger partial charge is 0.484 e. The van der Waals surface area contributed by atoms with Crippen LogP contribution in [-0.4, -0.2) is 18.4 Å². The molecule has 0 aliphatic heterocycles. The van der Waals surface area contributed by atoms with E-state index < -0.39 is 23.6 Å². The number of hydrogen-bond acceptors (Lipinski definition) is 3. The molecular formula is C22H16ClF3N2O3. The number of alkyl halides is 3. The minimum Gasteiger partial charge on any atom is -0.484 e. The Morgan fingerprint density at radius 1 is 0.871 bits per heavy atom. The van der Waals surface area contributed by atoms with Gasteiger partial charge in [0.2, 0.25) is 0 Å². The van der Waals surface area contributed by atoms with Crippen molar-refractivity contribution in [2.45, 2.75) is 6.18 Å². The van der Waals surface area contributed by atoms with Crippen molar-refractivity contribution in [2.24, 2.45) is 0 Å². The lowest BCUT2D eigenvalue weighted by Crippen LogP contribution is -2.20. The van der Waals surface area contributed by atoms with Crippen molar-refractivity contribution in [1.29, 1.82) is 0 Å². The Morgan fingerprint density at radius 2 is 1.52 bits per heavy atom. The van der Waals surface area contributed by atoms with Gasteiger partial charge in [-0.3, -0.25) is 9.59 Å². The van der Waals surface area contributed by atoms with Crippen molar-refractivity contribution in [1.82, 2.24) is 0 Å². The average Bonchev–Trinajstić information content (AvgIpc) is 2.72. The Morgan fingerprint density at radius 3 is 2.16 bits per heavy atom. The van der Waals surface area contributed by atoms with Gasteiger partial charge in [-0.15, -0.1) is 0 Å². The molecule has 0 heterocycles. The molecule has 0 bridgehead atoms. The molecule has 0 saturated carbocycles. The van der Waals surface area contributed by atoms with E-state index in [0.29, 0.717) is 16.5 Å². The zero-order chi connectivity index (χ0) is 22.4. The lowest BCUT2D eigenvalue weighted by molar-refractivity contribution is -0.137. The number of halogens is 4. The predicted molar refractivity (Wildman–Crippen MR) is 111 cm³/mol. The standard InChI is InChI=1S/C22H16ClF3N2O3/c23-16-4-2-6-18(12-16)27-20(29)13-31-19-9-7-14(8-10-19)21(30)28-17-5-1-3-15(11-17)22(24,25)26/h1-12H,13H2,(H,27,29)(H,28,30). The third-order valence-corrected chi connectivity index (χ3v) is 4.28. The van der Waals surface area contributed by atoms with Crippen LogP contribution in [0.15, 0.2) is 72.8 Å². The Hall–Kier alpha value is -3.52. The minimum absolute atomic E-state index is 0.0258. The van der Waals surface area contributed by atoms with Gasteiger partial charge in [-0.05, 0) is 60.7 Å². The zero-order valence-corrected chi connectivity index (χ0v) is 16.6. The summed E-state index contributed by atoms with van der Waals surface area (Å²) in [4.78, 5) is 24.2. The van der Waals surface area contributed by atoms with Crippen LogP contribution in [0.4, 0.5) is 24.5 Å². The van der Waals surface area contributed by atoms with Crippen molar-refractivity contribution < 1.29 is 27.5 Å². The van der Waals surface area contributed by atoms with Crippen molar-refractivity contribution >= 4 is 34.8 Å². The van der Waals surface area contributed by atoms with Crippen LogP contribution in [-0.2, 0) is 11.0 Å². The first kappa shape index (κ1) is 22.2. The third kappa shape index (κ3) is 6.48. The van der Waals surface area contributed by atoms with Gasteiger partial charge in [0.15, 0.2) is 6.61 Å². The van der Waals surface area contributed by atoms with Crippen LogP contribution in [0.2, 0.25) is 5.02 Å². The minimum atomic E-state index is -4.50. The highest BCUT2D eigenvalue weighted by Gasteiger charge is 2.30. The smallest absolute Gasteiger partial charge is 0.416 e. The topological polar surface area (TPSA) is 67.4 Å². The number of nitrogens with one attached hydrogen (secondary N) is 2. The molecule has 160 valence electrons. The fourth-order valence-electron chi connectivity index (χ4n) is 2.59. The number of carbonyl (C=O) groups excluding carboxylic acids is 2. The summed E-state index contributed by atoms with van der Waals surface area (Å²) >= 11 is 5.86. The van der Waals surface area contributed by atoms with E-state index in [9.17, 15) is 22.8 Å². The molecule has 3 aromatic rings. The Kier molecular flexibility index (Phi) is 6.81. The number of carbonyl (C=O) groups is 2. The van der Waals surface area contributed by atoms with Gasteiger partial charge < -0.3 is 15.4 Å². The van der Waals surface area contributed by atoms with Gasteiger partial charge in [0, 0.05) is 22.0 Å². The maximum Gasteiger partial charge on any atom is 0.416 e. The molecular weight excluding hydrogens is 433 g/mol. The number of anilines is 2. The third-order valence-electron chi connectivity index (χ3n) is 4.04. The molecule has 0 unspecified atom stereocenters. The van der Waals surface area contributed by atoms with Crippen molar-refractivity contribution in [3.05, 3.63) is 88.9 Å². The van der Waals surface area contributed by atoms with Gasteiger partial charge in [-0.25, -0.2) is 0 Å². The first-order chi connectivity index (χ1) is 14.7. The van der Waals surface area contributed by atoms with Gasteiger partial charge in [0.25, 0.3) is 11.8 Å². The molecule has 0 fully saturated rings. The number of amides is 2. The van der Waals surface area contributed by atoms with E-state index in [4.69, 9.17) is 16.3 Å². The van der Waals surface area contributed by atoms with Crippen molar-refractivity contribution in [3.8, 4) is 5.75 Å². The summed E-state index contributed by atoms with van der Waals surface area (Å²) in [6.45, 7) is -0.262. The van der Waals surface area contributed by atoms with Crippen LogP contribution in [0.1, 0.15) is 15.9 Å². The van der Waals surface area contributed by atoms with Crippen LogP contribution in [0, 0.1) is 0 Å². The fourth-order valence-corrected chi connectivity index (χ4v) is 2.78. The summed E-state index contributed by atoms with van der Waals surface area (Å²) in [5.41, 5.74) is -0.0845. The lowest BCUT2D eigenvalue weighted by atomic mass is 10.1. The highest BCUT2D eigenvalue weighted by molar-refractivity contribution is 6.30. The van der Waals surface area contributed by atoms with Gasteiger partial charge in [0.05, 0.1) is 5.56 Å². The number of ether oxygens (including phenoxy) is 1. The highest BCUT2D eigenvalue weighted by atomic mass is 35.5. The molecule has 5 nitrogen and oxygen atoms in total. The van der Waals surface area contributed by atoms with E-state index in [2.05, 4.69) is 10.6 Å². The van der Waals surface area contributed by atoms with Crippen LogP contribution < -0.4 is 15.4 Å². The quantitative estimate of drug-likeness (QED) is 0.513. The van der Waals surface area contributed by atoms with Crippen LogP contribution >= 0.6 is 11.6 Å². The molecule has 2 N–H and O–H groups in total. The van der Waals surface area contributed by atoms with Gasteiger partial charge in [-0.2, -0.15) is 13.2 Å². The maximum absolute atomic E-state index is 12.8. The van der Waals surface area contributed by atoms with E-state index in [0.717, 1.165) is 12.1 Å². The Labute approximate surface area is 180 Å². The monoisotopic (exact) mass is 448 g/mol. The second-order valence-corrected chi connectivity index (χ2v) is 6.84. The molecule has 0 spiro atoms. The molecule has 0 aliphatic carbocycles. The SMILES string of the molecule is O=C(COc1ccc(C(=O)Nc2cccc(C(F)(F)F)c2)cc1)Nc1cccc(Cl)c1. The van der Waals surface area contributed by atoms with E-state index in [-0.39, 0.29) is 17.9 Å². The van der Waals surface area contributed by atoms with Gasteiger partial charge >= 0.3 is 6.18 Å². The molecule has 31 heavy (non-hydrogen) atoms. The second kappa shape index (κ2) is 9.53. The van der Waals surface area contributed by atoms with Gasteiger partial charge in [0.1, 0.15) is 5.75 Å². The summed E-state index contributed by atoms with van der Waals surface area (Å²) in [5, 5.41) is 5.53. The molecule has 3 aromatic carbocycles. The van der Waals surface area contributed by atoms with E-state index in [1.807, 2.05) is 0 Å². The molecule has 2 amide bonds. The number of hydrogen-bond donors (Lipinski definition) is 2. The van der Waals surface area contributed by atoms with Crippen LogP contribution in [0.5, 0.6) is 5.75 Å². The zero-order valence-electron chi connectivity index (χ0n) is 15.9. The predicted octanol–water partition coefficient (Wildman–Crippen LogP) is 5.63. The molecule has 0 aromatic heterocycles. The summed E-state index contributed by atoms with van der Waals surface area (Å²) in [6, 6.07) is 16.8. The molecule has 0 saturated heterocycles. The summed E-state index contributed by atoms with van der Waals surface area (Å²) in [6.07, 6.45) is -4.50. The maximum atomic E-state index is 12.8. The molecule has 0 radical (unpaired) electrons. The second-order valence-electron chi connectivity index (χ2n) is 6.40. The van der Waals surface area contributed by atoms with Gasteiger partial charge in [-0.1, -0.05) is 23.7 Å². The molecule has 9 heteroatoms. The number of benzene rings is 3. The van der Waals surface area contributed by atoms with Crippen LogP contribution in [0.3, 0.4) is 0 Å². The Bertz CT molecular complexity index is 1090. The van der Waals surface area contributed by atoms with E-state index in [1.54, 1.807) is 24.3 Å².